The van der Waals surface area contributed by atoms with Crippen molar-refractivity contribution in [2.45, 2.75) is 71.4 Å². The van der Waals surface area contributed by atoms with Gasteiger partial charge in [0.05, 0.1) is 17.4 Å². The molecule has 1 heterocycles. The van der Waals surface area contributed by atoms with Gasteiger partial charge in [-0.05, 0) is 88.6 Å². The van der Waals surface area contributed by atoms with Crippen LogP contribution in [0.1, 0.15) is 83.1 Å². The minimum atomic E-state index is -0.753. The van der Waals surface area contributed by atoms with Gasteiger partial charge in [0, 0.05) is 24.5 Å². The third kappa shape index (κ3) is 5.50. The smallest absolute Gasteiger partial charge is 0.294 e. The largest absolute Gasteiger partial charge is 0.393 e. The van der Waals surface area contributed by atoms with Crippen LogP contribution in [-0.2, 0) is 11.8 Å². The molecule has 0 bridgehead atoms. The lowest BCUT2D eigenvalue weighted by Gasteiger charge is -2.14. The molecule has 0 aliphatic heterocycles. The van der Waals surface area contributed by atoms with E-state index in [2.05, 4.69) is 10.6 Å². The number of carbonyl (C=O) groups excluding carboxylic acids is 3. The van der Waals surface area contributed by atoms with Crippen LogP contribution in [0.4, 0.5) is 10.1 Å². The van der Waals surface area contributed by atoms with Crippen LogP contribution in [0.5, 0.6) is 0 Å². The fourth-order valence-electron chi connectivity index (χ4n) is 4.12. The van der Waals surface area contributed by atoms with E-state index in [9.17, 15) is 23.9 Å². The first kappa shape index (κ1) is 24.6. The molecule has 3 rings (SSSR count). The zero-order valence-corrected chi connectivity index (χ0v) is 19.8. The first-order valence-electron chi connectivity index (χ1n) is 11.3. The Morgan fingerprint density at radius 3 is 2.45 bits per heavy atom. The van der Waals surface area contributed by atoms with Crippen molar-refractivity contribution in [1.82, 2.24) is 9.88 Å². The molecule has 1 aliphatic carbocycles. The molecule has 1 aliphatic rings. The van der Waals surface area contributed by atoms with Gasteiger partial charge in [0.15, 0.2) is 0 Å². The Bertz CT molecular complexity index is 1090. The van der Waals surface area contributed by atoms with Crippen LogP contribution >= 0.6 is 0 Å². The van der Waals surface area contributed by atoms with E-state index in [-0.39, 0.29) is 23.5 Å². The molecule has 2 amide bonds. The van der Waals surface area contributed by atoms with Gasteiger partial charge in [-0.25, -0.2) is 4.39 Å². The molecule has 33 heavy (non-hydrogen) atoms. The molecule has 2 atom stereocenters. The number of aliphatic hydroxyl groups is 1. The molecular formula is C25H32FN3O4. The number of nitrogens with zero attached hydrogens (tertiary/aromatic N) is 1. The molecule has 7 nitrogen and oxygen atoms in total. The molecule has 178 valence electrons. The molecular weight excluding hydrogens is 425 g/mol. The number of nitrogens with one attached hydrogen (secondary N) is 2. The highest BCUT2D eigenvalue weighted by atomic mass is 19.1. The van der Waals surface area contributed by atoms with Crippen LogP contribution in [0.15, 0.2) is 18.2 Å². The summed E-state index contributed by atoms with van der Waals surface area (Å²) in [7, 11) is 1.64. The van der Waals surface area contributed by atoms with Crippen molar-refractivity contribution in [3.05, 3.63) is 52.1 Å². The molecule has 0 saturated heterocycles. The Morgan fingerprint density at radius 2 is 1.85 bits per heavy atom. The standard InChI is InChI=1S/C25H32FN3O4/c1-13(6-7-14(2)30)27-25(33)23(31)22-15(3)21(16(4)29(22)5)24(32)28-18-10-11-20(26)19(12-18)17-8-9-17/h10-14,17,30H,6-9H2,1-5H3,(H,27,33)(H,28,32). The van der Waals surface area contributed by atoms with E-state index in [0.717, 1.165) is 12.8 Å². The minimum Gasteiger partial charge on any atom is -0.393 e. The lowest BCUT2D eigenvalue weighted by Crippen LogP contribution is -2.38. The maximum absolute atomic E-state index is 14.0. The third-order valence-corrected chi connectivity index (χ3v) is 6.24. The highest BCUT2D eigenvalue weighted by Gasteiger charge is 2.30. The van der Waals surface area contributed by atoms with Crippen LogP contribution in [-0.4, -0.2) is 39.4 Å². The number of Topliss-reactive ketones (excluding diaryl/α,β-unsaturated/α-hetero) is 1. The molecule has 1 saturated carbocycles. The van der Waals surface area contributed by atoms with E-state index >= 15 is 0 Å². The number of halogens is 1. The van der Waals surface area contributed by atoms with Crippen LogP contribution < -0.4 is 10.6 Å². The minimum absolute atomic E-state index is 0.149. The quantitative estimate of drug-likeness (QED) is 0.394. The number of amides is 2. The van der Waals surface area contributed by atoms with Gasteiger partial charge in [-0.15, -0.1) is 0 Å². The van der Waals surface area contributed by atoms with Gasteiger partial charge in [-0.2, -0.15) is 0 Å². The van der Waals surface area contributed by atoms with Crippen molar-refractivity contribution >= 4 is 23.3 Å². The Labute approximate surface area is 193 Å². The fourth-order valence-corrected chi connectivity index (χ4v) is 4.12. The van der Waals surface area contributed by atoms with Gasteiger partial charge < -0.3 is 20.3 Å². The number of ketones is 1. The van der Waals surface area contributed by atoms with Gasteiger partial charge in [0.25, 0.3) is 17.6 Å². The summed E-state index contributed by atoms with van der Waals surface area (Å²) in [4.78, 5) is 38.5. The monoisotopic (exact) mass is 457 g/mol. The van der Waals surface area contributed by atoms with Crippen LogP contribution in [0.25, 0.3) is 0 Å². The van der Waals surface area contributed by atoms with Crippen LogP contribution in [0.2, 0.25) is 0 Å². The highest BCUT2D eigenvalue weighted by molar-refractivity contribution is 6.43. The van der Waals surface area contributed by atoms with E-state index in [1.54, 1.807) is 45.4 Å². The molecule has 2 unspecified atom stereocenters. The first-order valence-corrected chi connectivity index (χ1v) is 11.3. The summed E-state index contributed by atoms with van der Waals surface area (Å²) in [6.07, 6.45) is 2.44. The third-order valence-electron chi connectivity index (χ3n) is 6.24. The number of aromatic nitrogens is 1. The van der Waals surface area contributed by atoms with Crippen molar-refractivity contribution in [1.29, 1.82) is 0 Å². The normalized spacial score (nSPS) is 15.1. The second kappa shape index (κ2) is 9.87. The van der Waals surface area contributed by atoms with Crippen molar-refractivity contribution in [2.24, 2.45) is 7.05 Å². The van der Waals surface area contributed by atoms with Crippen molar-refractivity contribution in [2.75, 3.05) is 5.32 Å². The zero-order valence-electron chi connectivity index (χ0n) is 19.8. The lowest BCUT2D eigenvalue weighted by atomic mass is 10.1. The number of benzene rings is 1. The maximum atomic E-state index is 14.0. The second-order valence-corrected chi connectivity index (χ2v) is 9.09. The molecule has 1 aromatic carbocycles. The second-order valence-electron chi connectivity index (χ2n) is 9.09. The van der Waals surface area contributed by atoms with E-state index in [1.165, 1.54) is 12.1 Å². The Morgan fingerprint density at radius 1 is 1.18 bits per heavy atom. The Hall–Kier alpha value is -3.00. The average Bonchev–Trinajstić information content (AvgIpc) is 3.55. The maximum Gasteiger partial charge on any atom is 0.294 e. The van der Waals surface area contributed by atoms with Gasteiger partial charge >= 0.3 is 0 Å². The van der Waals surface area contributed by atoms with Crippen molar-refractivity contribution in [3.8, 4) is 0 Å². The predicted octanol–water partition coefficient (Wildman–Crippen LogP) is 3.76. The molecule has 1 fully saturated rings. The van der Waals surface area contributed by atoms with E-state index in [4.69, 9.17) is 0 Å². The predicted molar refractivity (Wildman–Crippen MR) is 124 cm³/mol. The van der Waals surface area contributed by atoms with E-state index in [1.807, 2.05) is 0 Å². The molecule has 3 N–H and O–H groups in total. The zero-order chi connectivity index (χ0) is 24.4. The number of carbonyl (C=O) groups is 3. The number of anilines is 1. The number of aliphatic hydroxyl groups excluding tert-OH is 1. The molecule has 1 aromatic heterocycles. The number of rotatable bonds is 9. The van der Waals surface area contributed by atoms with E-state index < -0.39 is 23.7 Å². The Balaban J connectivity index is 1.78. The molecule has 2 aromatic rings. The van der Waals surface area contributed by atoms with Crippen molar-refractivity contribution < 1.29 is 23.9 Å². The Kier molecular flexibility index (Phi) is 7.37. The average molecular weight is 458 g/mol. The lowest BCUT2D eigenvalue weighted by molar-refractivity contribution is -0.117. The van der Waals surface area contributed by atoms with Gasteiger partial charge in [0.2, 0.25) is 0 Å². The fraction of sp³-hybridized carbons (Fsp3) is 0.480. The summed E-state index contributed by atoms with van der Waals surface area (Å²) < 4.78 is 15.6. The summed E-state index contributed by atoms with van der Waals surface area (Å²) >= 11 is 0. The number of hydrogen-bond acceptors (Lipinski definition) is 4. The topological polar surface area (TPSA) is 100 Å². The molecule has 8 heteroatoms. The van der Waals surface area contributed by atoms with Crippen LogP contribution in [0.3, 0.4) is 0 Å². The number of hydrogen-bond donors (Lipinski definition) is 3. The first-order chi connectivity index (χ1) is 15.5. The summed E-state index contributed by atoms with van der Waals surface area (Å²) in [5, 5.41) is 14.9. The van der Waals surface area contributed by atoms with Crippen LogP contribution in [0, 0.1) is 19.7 Å². The summed E-state index contributed by atoms with van der Waals surface area (Å²) in [5.74, 6) is -1.97. The molecule has 0 radical (unpaired) electrons. The SMILES string of the molecule is Cc1c(C(=O)Nc2ccc(F)c(C3CC3)c2)c(C)n(C)c1C(=O)C(=O)NC(C)CCC(C)O. The summed E-state index contributed by atoms with van der Waals surface area (Å²) in [6, 6.07) is 4.25. The highest BCUT2D eigenvalue weighted by Crippen LogP contribution is 2.42. The van der Waals surface area contributed by atoms with Gasteiger partial charge in [-0.3, -0.25) is 14.4 Å². The van der Waals surface area contributed by atoms with E-state index in [0.29, 0.717) is 40.9 Å². The summed E-state index contributed by atoms with van der Waals surface area (Å²) in [5.41, 5.74) is 2.51. The van der Waals surface area contributed by atoms with Gasteiger partial charge in [-0.1, -0.05) is 0 Å². The molecule has 0 spiro atoms. The van der Waals surface area contributed by atoms with Crippen molar-refractivity contribution in [3.63, 3.8) is 0 Å². The van der Waals surface area contributed by atoms with Gasteiger partial charge in [0.1, 0.15) is 5.82 Å². The summed E-state index contributed by atoms with van der Waals surface area (Å²) in [6.45, 7) is 6.79.